The topological polar surface area (TPSA) is 67.7 Å². The number of pyridine rings is 1. The maximum absolute atomic E-state index is 12.3. The summed E-state index contributed by atoms with van der Waals surface area (Å²) < 4.78 is 7.81. The molecular weight excluding hydrogens is 328 g/mol. The molecule has 1 atom stereocenters. The van der Waals surface area contributed by atoms with Crippen molar-refractivity contribution in [1.82, 2.24) is 14.7 Å². The standard InChI is InChI=1S/C20H22N4O2/c1-14(15-10-21-11-15)20(25)23-16-5-4-6-18(9-16)26-13-17-12-24-8-3-2-7-19(24)22-17/h2-9,12,14-15,21H,10-11,13H2,1H3,(H,23,25). The SMILES string of the molecule is CC(C(=O)Nc1cccc(OCc2cn3ccccc3n2)c1)C1CNC1. The van der Waals surface area contributed by atoms with E-state index >= 15 is 0 Å². The van der Waals surface area contributed by atoms with E-state index in [1.165, 1.54) is 0 Å². The Labute approximate surface area is 152 Å². The van der Waals surface area contributed by atoms with Gasteiger partial charge in [-0.2, -0.15) is 0 Å². The summed E-state index contributed by atoms with van der Waals surface area (Å²) in [7, 11) is 0. The van der Waals surface area contributed by atoms with Gasteiger partial charge in [-0.1, -0.05) is 19.1 Å². The van der Waals surface area contributed by atoms with Gasteiger partial charge in [-0.15, -0.1) is 0 Å². The summed E-state index contributed by atoms with van der Waals surface area (Å²) in [5.41, 5.74) is 2.50. The van der Waals surface area contributed by atoms with Crippen LogP contribution in [-0.2, 0) is 11.4 Å². The molecule has 0 aliphatic carbocycles. The first-order valence-corrected chi connectivity index (χ1v) is 8.86. The van der Waals surface area contributed by atoms with Crippen molar-refractivity contribution in [2.45, 2.75) is 13.5 Å². The summed E-state index contributed by atoms with van der Waals surface area (Å²) in [5, 5.41) is 6.19. The predicted octanol–water partition coefficient (Wildman–Crippen LogP) is 2.71. The lowest BCUT2D eigenvalue weighted by Crippen LogP contribution is -2.48. The number of nitrogens with one attached hydrogen (secondary N) is 2. The molecule has 0 bridgehead atoms. The highest BCUT2D eigenvalue weighted by Crippen LogP contribution is 2.22. The van der Waals surface area contributed by atoms with Gasteiger partial charge in [-0.3, -0.25) is 4.79 Å². The third-order valence-corrected chi connectivity index (χ3v) is 4.84. The molecule has 1 fully saturated rings. The van der Waals surface area contributed by atoms with Crippen LogP contribution >= 0.6 is 0 Å². The van der Waals surface area contributed by atoms with E-state index in [0.29, 0.717) is 18.3 Å². The predicted molar refractivity (Wildman–Crippen MR) is 100 cm³/mol. The van der Waals surface area contributed by atoms with Crippen LogP contribution in [0.1, 0.15) is 12.6 Å². The maximum atomic E-state index is 12.3. The Kier molecular flexibility index (Phi) is 4.58. The molecular formula is C20H22N4O2. The summed E-state index contributed by atoms with van der Waals surface area (Å²) in [6.07, 6.45) is 3.91. The lowest BCUT2D eigenvalue weighted by Gasteiger charge is -2.31. The number of anilines is 1. The van der Waals surface area contributed by atoms with Crippen molar-refractivity contribution in [3.8, 4) is 5.75 Å². The highest BCUT2D eigenvalue weighted by atomic mass is 16.5. The molecule has 4 rings (SSSR count). The third-order valence-electron chi connectivity index (χ3n) is 4.84. The van der Waals surface area contributed by atoms with Gasteiger partial charge in [0.25, 0.3) is 0 Å². The Bertz CT molecular complexity index is 884. The zero-order chi connectivity index (χ0) is 17.9. The molecule has 1 unspecified atom stereocenters. The fraction of sp³-hybridized carbons (Fsp3) is 0.300. The second-order valence-corrected chi connectivity index (χ2v) is 6.71. The van der Waals surface area contributed by atoms with E-state index in [0.717, 1.165) is 30.1 Å². The van der Waals surface area contributed by atoms with Crippen molar-refractivity contribution in [1.29, 1.82) is 0 Å². The lowest BCUT2D eigenvalue weighted by atomic mass is 9.88. The Hall–Kier alpha value is -2.86. The highest BCUT2D eigenvalue weighted by Gasteiger charge is 2.28. The number of fused-ring (bicyclic) bond motifs is 1. The van der Waals surface area contributed by atoms with Crippen LogP contribution in [0.3, 0.4) is 0 Å². The van der Waals surface area contributed by atoms with E-state index in [1.54, 1.807) is 0 Å². The maximum Gasteiger partial charge on any atom is 0.227 e. The fourth-order valence-electron chi connectivity index (χ4n) is 3.01. The first-order valence-electron chi connectivity index (χ1n) is 8.86. The number of hydrogen-bond acceptors (Lipinski definition) is 4. The average molecular weight is 350 g/mol. The first-order chi connectivity index (χ1) is 12.7. The van der Waals surface area contributed by atoms with E-state index in [9.17, 15) is 4.79 Å². The van der Waals surface area contributed by atoms with Gasteiger partial charge >= 0.3 is 0 Å². The van der Waals surface area contributed by atoms with E-state index in [2.05, 4.69) is 15.6 Å². The molecule has 2 N–H and O–H groups in total. The Morgan fingerprint density at radius 1 is 1.35 bits per heavy atom. The van der Waals surface area contributed by atoms with Crippen molar-refractivity contribution in [2.75, 3.05) is 18.4 Å². The Morgan fingerprint density at radius 2 is 2.23 bits per heavy atom. The van der Waals surface area contributed by atoms with Crippen LogP contribution in [0.2, 0.25) is 0 Å². The van der Waals surface area contributed by atoms with E-state index in [1.807, 2.05) is 66.2 Å². The highest BCUT2D eigenvalue weighted by molar-refractivity contribution is 5.92. The van der Waals surface area contributed by atoms with E-state index in [-0.39, 0.29) is 11.8 Å². The van der Waals surface area contributed by atoms with Gasteiger partial charge in [0.1, 0.15) is 18.0 Å². The summed E-state index contributed by atoms with van der Waals surface area (Å²) in [6, 6.07) is 13.4. The molecule has 0 spiro atoms. The van der Waals surface area contributed by atoms with Crippen molar-refractivity contribution in [2.24, 2.45) is 11.8 Å². The second-order valence-electron chi connectivity index (χ2n) is 6.71. The van der Waals surface area contributed by atoms with Gasteiger partial charge in [-0.25, -0.2) is 4.98 Å². The van der Waals surface area contributed by atoms with Gasteiger partial charge in [0.2, 0.25) is 5.91 Å². The van der Waals surface area contributed by atoms with Crippen molar-refractivity contribution in [3.63, 3.8) is 0 Å². The van der Waals surface area contributed by atoms with Gasteiger partial charge in [-0.05, 0) is 43.3 Å². The molecule has 1 aliphatic rings. The van der Waals surface area contributed by atoms with Crippen LogP contribution in [0, 0.1) is 11.8 Å². The largest absolute Gasteiger partial charge is 0.487 e. The average Bonchev–Trinajstić information content (AvgIpc) is 3.02. The lowest BCUT2D eigenvalue weighted by molar-refractivity contribution is -0.121. The minimum Gasteiger partial charge on any atom is -0.487 e. The number of aromatic nitrogens is 2. The second kappa shape index (κ2) is 7.17. The number of carbonyl (C=O) groups excluding carboxylic acids is 1. The third kappa shape index (κ3) is 3.55. The minimum atomic E-state index is -0.00111. The number of nitrogens with zero attached hydrogens (tertiary/aromatic N) is 2. The van der Waals surface area contributed by atoms with Crippen LogP contribution in [0.25, 0.3) is 5.65 Å². The number of benzene rings is 1. The number of carbonyl (C=O) groups is 1. The van der Waals surface area contributed by atoms with Crippen LogP contribution < -0.4 is 15.4 Å². The van der Waals surface area contributed by atoms with Gasteiger partial charge in [0, 0.05) is 30.1 Å². The molecule has 1 amide bonds. The first kappa shape index (κ1) is 16.6. The van der Waals surface area contributed by atoms with Gasteiger partial charge in [0.15, 0.2) is 0 Å². The number of ether oxygens (including phenoxy) is 1. The molecule has 134 valence electrons. The van der Waals surface area contributed by atoms with Crippen molar-refractivity contribution in [3.05, 3.63) is 60.6 Å². The normalized spacial score (nSPS) is 15.4. The molecule has 1 aliphatic heterocycles. The molecule has 1 aromatic carbocycles. The Morgan fingerprint density at radius 3 is 3.00 bits per heavy atom. The summed E-state index contributed by atoms with van der Waals surface area (Å²) in [5.74, 6) is 1.18. The van der Waals surface area contributed by atoms with E-state index < -0.39 is 0 Å². The zero-order valence-corrected chi connectivity index (χ0v) is 14.7. The molecule has 26 heavy (non-hydrogen) atoms. The monoisotopic (exact) mass is 350 g/mol. The van der Waals surface area contributed by atoms with Gasteiger partial charge in [0.05, 0.1) is 5.69 Å². The molecule has 3 aromatic rings. The van der Waals surface area contributed by atoms with E-state index in [4.69, 9.17) is 4.74 Å². The van der Waals surface area contributed by atoms with Crippen LogP contribution in [0.15, 0.2) is 54.9 Å². The quantitative estimate of drug-likeness (QED) is 0.717. The molecule has 6 heteroatoms. The molecule has 6 nitrogen and oxygen atoms in total. The fourth-order valence-corrected chi connectivity index (χ4v) is 3.01. The molecule has 0 saturated carbocycles. The zero-order valence-electron chi connectivity index (χ0n) is 14.7. The van der Waals surface area contributed by atoms with Crippen LogP contribution in [0.5, 0.6) is 5.75 Å². The number of rotatable bonds is 6. The van der Waals surface area contributed by atoms with Gasteiger partial charge < -0.3 is 19.8 Å². The molecule has 3 heterocycles. The number of hydrogen-bond donors (Lipinski definition) is 2. The summed E-state index contributed by atoms with van der Waals surface area (Å²) >= 11 is 0. The van der Waals surface area contributed by atoms with Crippen LogP contribution in [0.4, 0.5) is 5.69 Å². The molecule has 2 aromatic heterocycles. The minimum absolute atomic E-state index is 0.00111. The van der Waals surface area contributed by atoms with Crippen LogP contribution in [-0.4, -0.2) is 28.4 Å². The molecule has 1 saturated heterocycles. The van der Waals surface area contributed by atoms with Crippen molar-refractivity contribution < 1.29 is 9.53 Å². The number of amides is 1. The smallest absolute Gasteiger partial charge is 0.227 e. The summed E-state index contributed by atoms with van der Waals surface area (Å²) in [6.45, 7) is 4.18. The number of imidazole rings is 1. The summed E-state index contributed by atoms with van der Waals surface area (Å²) in [4.78, 5) is 16.9. The van der Waals surface area contributed by atoms with Crippen molar-refractivity contribution >= 4 is 17.2 Å². The molecule has 0 radical (unpaired) electrons. The Balaban J connectivity index is 1.38.